The van der Waals surface area contributed by atoms with E-state index < -0.39 is 0 Å². The molecule has 2 rings (SSSR count). The number of halogens is 1. The molecular weight excluding hydrogens is 288 g/mol. The number of anilines is 1. The lowest BCUT2D eigenvalue weighted by molar-refractivity contribution is 0.172. The molecule has 21 heavy (non-hydrogen) atoms. The highest BCUT2D eigenvalue weighted by molar-refractivity contribution is 6.32. The lowest BCUT2D eigenvalue weighted by Gasteiger charge is -2.36. The monoisotopic (exact) mass is 312 g/mol. The first kappa shape index (κ1) is 16.3. The smallest absolute Gasteiger partial charge is 0.287 e. The van der Waals surface area contributed by atoms with E-state index in [0.29, 0.717) is 12.2 Å². The Balaban J connectivity index is 2.13. The second-order valence-electron chi connectivity index (χ2n) is 6.08. The summed E-state index contributed by atoms with van der Waals surface area (Å²) in [4.78, 5) is 14.4. The molecule has 1 saturated carbocycles. The molecule has 1 aliphatic carbocycles. The predicted octanol–water partition coefficient (Wildman–Crippen LogP) is 2.59. The molecule has 1 heterocycles. The Hall–Kier alpha value is -1.07. The summed E-state index contributed by atoms with van der Waals surface area (Å²) in [5.74, 6) is 0. The van der Waals surface area contributed by atoms with E-state index in [1.54, 1.807) is 6.20 Å². The number of hydrogen-bond acceptors (Lipinski definition) is 4. The molecule has 1 aliphatic rings. The molecule has 0 aliphatic heterocycles. The quantitative estimate of drug-likeness (QED) is 0.877. The van der Waals surface area contributed by atoms with E-state index in [-0.39, 0.29) is 16.1 Å². The van der Waals surface area contributed by atoms with Crippen LogP contribution in [0.25, 0.3) is 0 Å². The zero-order valence-electron chi connectivity index (χ0n) is 13.2. The summed E-state index contributed by atoms with van der Waals surface area (Å²) in [5, 5.41) is 7.76. The minimum atomic E-state index is -0.214. The predicted molar refractivity (Wildman–Crippen MR) is 87.2 cm³/mol. The largest absolute Gasteiger partial charge is 0.381 e. The van der Waals surface area contributed by atoms with Crippen molar-refractivity contribution in [1.29, 1.82) is 0 Å². The summed E-state index contributed by atoms with van der Waals surface area (Å²) in [6, 6.07) is 0. The van der Waals surface area contributed by atoms with Crippen molar-refractivity contribution in [3.63, 3.8) is 0 Å². The minimum Gasteiger partial charge on any atom is -0.381 e. The molecule has 0 bridgehead atoms. The molecule has 0 saturated heterocycles. The first-order chi connectivity index (χ1) is 10.00. The fourth-order valence-electron chi connectivity index (χ4n) is 3.03. The van der Waals surface area contributed by atoms with Gasteiger partial charge in [-0.25, -0.2) is 4.68 Å². The first-order valence-corrected chi connectivity index (χ1v) is 8.05. The van der Waals surface area contributed by atoms with Crippen molar-refractivity contribution in [2.45, 2.75) is 51.1 Å². The van der Waals surface area contributed by atoms with Gasteiger partial charge in [-0.15, -0.1) is 0 Å². The van der Waals surface area contributed by atoms with E-state index in [9.17, 15) is 4.79 Å². The number of rotatable bonds is 6. The summed E-state index contributed by atoms with van der Waals surface area (Å²) in [7, 11) is 4.23. The molecule has 1 N–H and O–H groups in total. The summed E-state index contributed by atoms with van der Waals surface area (Å²) in [6.07, 6.45) is 7.38. The number of hydrogen-bond donors (Lipinski definition) is 1. The molecular formula is C15H25ClN4O. The molecule has 0 spiro atoms. The minimum absolute atomic E-state index is 0.154. The van der Waals surface area contributed by atoms with E-state index in [1.807, 2.05) is 6.92 Å². The standard InChI is InChI=1S/C15H25ClN4O/c1-4-9-20-14(21)13(16)12(10-18-20)17-11-15(19(2)3)7-5-6-8-15/h10,17H,4-9,11H2,1-3H3. The summed E-state index contributed by atoms with van der Waals surface area (Å²) in [5.41, 5.74) is 0.581. The Morgan fingerprint density at radius 2 is 2.10 bits per heavy atom. The van der Waals surface area contributed by atoms with Crippen molar-refractivity contribution >= 4 is 17.3 Å². The Labute approximate surface area is 131 Å². The molecule has 0 aromatic carbocycles. The maximum atomic E-state index is 12.1. The summed E-state index contributed by atoms with van der Waals surface area (Å²) < 4.78 is 1.42. The Bertz CT molecular complexity index is 535. The van der Waals surface area contributed by atoms with Crippen LogP contribution in [0, 0.1) is 0 Å². The van der Waals surface area contributed by atoms with Crippen LogP contribution in [0.3, 0.4) is 0 Å². The van der Waals surface area contributed by atoms with Gasteiger partial charge in [0.05, 0.1) is 11.9 Å². The second kappa shape index (κ2) is 6.79. The molecule has 118 valence electrons. The van der Waals surface area contributed by atoms with E-state index in [1.165, 1.54) is 30.4 Å². The van der Waals surface area contributed by atoms with Gasteiger partial charge in [-0.05, 0) is 33.4 Å². The van der Waals surface area contributed by atoms with Crippen LogP contribution in [0.5, 0.6) is 0 Å². The van der Waals surface area contributed by atoms with Gasteiger partial charge < -0.3 is 10.2 Å². The van der Waals surface area contributed by atoms with Gasteiger partial charge in [0.15, 0.2) is 0 Å². The van der Waals surface area contributed by atoms with Crippen LogP contribution in [0.1, 0.15) is 39.0 Å². The van der Waals surface area contributed by atoms with Gasteiger partial charge in [-0.2, -0.15) is 5.10 Å². The lowest BCUT2D eigenvalue weighted by Crippen LogP contribution is -2.47. The summed E-state index contributed by atoms with van der Waals surface area (Å²) >= 11 is 6.20. The topological polar surface area (TPSA) is 50.2 Å². The van der Waals surface area contributed by atoms with Crippen LogP contribution in [0.2, 0.25) is 5.02 Å². The SMILES string of the molecule is CCCn1ncc(NCC2(N(C)C)CCCC2)c(Cl)c1=O. The van der Waals surface area contributed by atoms with Gasteiger partial charge in [-0.3, -0.25) is 4.79 Å². The zero-order chi connectivity index (χ0) is 15.5. The van der Waals surface area contributed by atoms with Gasteiger partial charge in [-0.1, -0.05) is 31.4 Å². The number of aromatic nitrogens is 2. The van der Waals surface area contributed by atoms with Crippen LogP contribution >= 0.6 is 11.6 Å². The first-order valence-electron chi connectivity index (χ1n) is 7.67. The fraction of sp³-hybridized carbons (Fsp3) is 0.733. The van der Waals surface area contributed by atoms with Gasteiger partial charge in [0.1, 0.15) is 5.02 Å². The average molecular weight is 313 g/mol. The van der Waals surface area contributed by atoms with Crippen molar-refractivity contribution in [2.24, 2.45) is 0 Å². The normalized spacial score (nSPS) is 17.4. The maximum absolute atomic E-state index is 12.1. The number of nitrogens with zero attached hydrogens (tertiary/aromatic N) is 3. The Morgan fingerprint density at radius 3 is 2.67 bits per heavy atom. The highest BCUT2D eigenvalue weighted by atomic mass is 35.5. The summed E-state index contributed by atoms with van der Waals surface area (Å²) in [6.45, 7) is 3.40. The molecule has 6 heteroatoms. The van der Waals surface area contributed by atoms with E-state index in [4.69, 9.17) is 11.6 Å². The van der Waals surface area contributed by atoms with E-state index >= 15 is 0 Å². The van der Waals surface area contributed by atoms with Crippen LogP contribution in [0.15, 0.2) is 11.0 Å². The fourth-order valence-corrected chi connectivity index (χ4v) is 3.25. The lowest BCUT2D eigenvalue weighted by atomic mass is 9.96. The molecule has 0 unspecified atom stereocenters. The third kappa shape index (κ3) is 3.40. The third-order valence-corrected chi connectivity index (χ3v) is 4.88. The van der Waals surface area contributed by atoms with Crippen LogP contribution in [-0.4, -0.2) is 40.9 Å². The van der Waals surface area contributed by atoms with Gasteiger partial charge >= 0.3 is 0 Å². The van der Waals surface area contributed by atoms with Gasteiger partial charge in [0, 0.05) is 18.6 Å². The third-order valence-electron chi connectivity index (χ3n) is 4.51. The van der Waals surface area contributed by atoms with Crippen molar-refractivity contribution in [2.75, 3.05) is 26.0 Å². The molecule has 0 radical (unpaired) electrons. The second-order valence-corrected chi connectivity index (χ2v) is 6.46. The van der Waals surface area contributed by atoms with Crippen molar-refractivity contribution < 1.29 is 0 Å². The van der Waals surface area contributed by atoms with Crippen molar-refractivity contribution in [1.82, 2.24) is 14.7 Å². The Kier molecular flexibility index (Phi) is 5.27. The van der Waals surface area contributed by atoms with Crippen molar-refractivity contribution in [3.8, 4) is 0 Å². The molecule has 0 amide bonds. The average Bonchev–Trinajstić information content (AvgIpc) is 2.93. The van der Waals surface area contributed by atoms with Gasteiger partial charge in [0.25, 0.3) is 5.56 Å². The highest BCUT2D eigenvalue weighted by Gasteiger charge is 2.35. The molecule has 1 aromatic rings. The van der Waals surface area contributed by atoms with E-state index in [0.717, 1.165) is 13.0 Å². The number of nitrogens with one attached hydrogen (secondary N) is 1. The number of aryl methyl sites for hydroxylation is 1. The molecule has 1 aromatic heterocycles. The zero-order valence-corrected chi connectivity index (χ0v) is 13.9. The van der Waals surface area contributed by atoms with Gasteiger partial charge in [0.2, 0.25) is 0 Å². The van der Waals surface area contributed by atoms with Crippen LogP contribution < -0.4 is 10.9 Å². The molecule has 1 fully saturated rings. The van der Waals surface area contributed by atoms with E-state index in [2.05, 4.69) is 29.4 Å². The Morgan fingerprint density at radius 1 is 1.43 bits per heavy atom. The van der Waals surface area contributed by atoms with Crippen LogP contribution in [-0.2, 0) is 6.54 Å². The number of likely N-dealkylation sites (N-methyl/N-ethyl adjacent to an activating group) is 1. The van der Waals surface area contributed by atoms with Crippen molar-refractivity contribution in [3.05, 3.63) is 21.6 Å². The van der Waals surface area contributed by atoms with Crippen LogP contribution in [0.4, 0.5) is 5.69 Å². The highest BCUT2D eigenvalue weighted by Crippen LogP contribution is 2.34. The molecule has 5 nitrogen and oxygen atoms in total. The molecule has 0 atom stereocenters. The maximum Gasteiger partial charge on any atom is 0.287 e.